The summed E-state index contributed by atoms with van der Waals surface area (Å²) in [5.74, 6) is 1.77. The van der Waals surface area contributed by atoms with Crippen molar-refractivity contribution in [3.8, 4) is 0 Å². The van der Waals surface area contributed by atoms with Crippen molar-refractivity contribution in [3.63, 3.8) is 0 Å². The van der Waals surface area contributed by atoms with Crippen LogP contribution in [0.25, 0.3) is 0 Å². The maximum Gasteiger partial charge on any atom is 0.244 e. The smallest absolute Gasteiger partial charge is 0.244 e. The summed E-state index contributed by atoms with van der Waals surface area (Å²) in [5, 5.41) is 2.78. The summed E-state index contributed by atoms with van der Waals surface area (Å²) in [7, 11) is -3.75. The van der Waals surface area contributed by atoms with E-state index in [9.17, 15) is 18.0 Å². The predicted octanol–water partition coefficient (Wildman–Crippen LogP) is 4.47. The zero-order valence-corrected chi connectivity index (χ0v) is 24.1. The average Bonchev–Trinajstić information content (AvgIpc) is 2.89. The van der Waals surface area contributed by atoms with E-state index in [2.05, 4.69) is 17.4 Å². The standard InChI is InChI=1S/C31H41N3O4S/c1-4-32-30(36)22(2)33(20-23-8-6-5-7-9-23)29(35)21-34(39(3,37)38)28-12-10-27(11-13-28)31-17-24-14-25(18-31)16-26(15-24)19-31/h5-13,22,24-26H,4,14-21H2,1-3H3,(H,32,36)/t22-,24?,25?,26?,31?/m0/s1. The molecule has 210 valence electrons. The Kier molecular flexibility index (Phi) is 7.77. The highest BCUT2D eigenvalue weighted by molar-refractivity contribution is 7.92. The molecule has 0 radical (unpaired) electrons. The van der Waals surface area contributed by atoms with Crippen LogP contribution in [0.4, 0.5) is 5.69 Å². The lowest BCUT2D eigenvalue weighted by atomic mass is 9.48. The van der Waals surface area contributed by atoms with Crippen LogP contribution in [0.1, 0.15) is 63.5 Å². The van der Waals surface area contributed by atoms with Crippen LogP contribution in [0.3, 0.4) is 0 Å². The minimum atomic E-state index is -3.75. The second-order valence-electron chi connectivity index (χ2n) is 12.1. The minimum Gasteiger partial charge on any atom is -0.355 e. The maximum absolute atomic E-state index is 13.7. The Balaban J connectivity index is 1.38. The van der Waals surface area contributed by atoms with Crippen molar-refractivity contribution in [2.24, 2.45) is 17.8 Å². The number of hydrogen-bond donors (Lipinski definition) is 1. The van der Waals surface area contributed by atoms with Crippen LogP contribution < -0.4 is 9.62 Å². The Bertz CT molecular complexity index is 1260. The first kappa shape index (κ1) is 27.7. The zero-order valence-electron chi connectivity index (χ0n) is 23.3. The highest BCUT2D eigenvalue weighted by Gasteiger charge is 2.51. The number of amides is 2. The summed E-state index contributed by atoms with van der Waals surface area (Å²) >= 11 is 0. The fourth-order valence-electron chi connectivity index (χ4n) is 7.74. The maximum atomic E-state index is 13.7. The first-order valence-electron chi connectivity index (χ1n) is 14.3. The van der Waals surface area contributed by atoms with Crippen molar-refractivity contribution in [3.05, 3.63) is 65.7 Å². The van der Waals surface area contributed by atoms with E-state index in [1.807, 2.05) is 49.4 Å². The molecule has 7 nitrogen and oxygen atoms in total. The average molecular weight is 552 g/mol. The molecule has 39 heavy (non-hydrogen) atoms. The molecule has 2 amide bonds. The first-order valence-corrected chi connectivity index (χ1v) is 16.1. The van der Waals surface area contributed by atoms with Crippen LogP contribution in [0.2, 0.25) is 0 Å². The summed E-state index contributed by atoms with van der Waals surface area (Å²) in [4.78, 5) is 27.8. The van der Waals surface area contributed by atoms with Crippen molar-refractivity contribution in [1.82, 2.24) is 10.2 Å². The largest absolute Gasteiger partial charge is 0.355 e. The lowest BCUT2D eigenvalue weighted by Gasteiger charge is -2.57. The number of hydrogen-bond acceptors (Lipinski definition) is 4. The summed E-state index contributed by atoms with van der Waals surface area (Å²) < 4.78 is 27.0. The van der Waals surface area contributed by atoms with Crippen LogP contribution in [-0.2, 0) is 31.6 Å². The highest BCUT2D eigenvalue weighted by atomic mass is 32.2. The van der Waals surface area contributed by atoms with Crippen molar-refractivity contribution in [2.45, 2.75) is 70.4 Å². The topological polar surface area (TPSA) is 86.8 Å². The number of nitrogens with zero attached hydrogens (tertiary/aromatic N) is 2. The van der Waals surface area contributed by atoms with E-state index >= 15 is 0 Å². The fourth-order valence-corrected chi connectivity index (χ4v) is 8.59. The van der Waals surface area contributed by atoms with Gasteiger partial charge in [-0.05, 0) is 98.8 Å². The molecule has 0 unspecified atom stereocenters. The molecule has 1 N–H and O–H groups in total. The third kappa shape index (κ3) is 5.86. The Labute approximate surface area is 233 Å². The van der Waals surface area contributed by atoms with E-state index in [0.717, 1.165) is 29.6 Å². The number of anilines is 1. The van der Waals surface area contributed by atoms with Crippen LogP contribution in [0.15, 0.2) is 54.6 Å². The Hall–Kier alpha value is -2.87. The molecule has 0 spiro atoms. The first-order chi connectivity index (χ1) is 18.6. The van der Waals surface area contributed by atoms with Crippen molar-refractivity contribution < 1.29 is 18.0 Å². The second kappa shape index (κ2) is 11.0. The number of nitrogens with one attached hydrogen (secondary N) is 1. The quantitative estimate of drug-likeness (QED) is 0.472. The molecule has 4 aliphatic rings. The zero-order chi connectivity index (χ0) is 27.8. The van der Waals surface area contributed by atoms with Crippen LogP contribution in [-0.4, -0.2) is 50.5 Å². The van der Waals surface area contributed by atoms with Gasteiger partial charge in [-0.15, -0.1) is 0 Å². The van der Waals surface area contributed by atoms with Crippen LogP contribution >= 0.6 is 0 Å². The molecule has 0 aromatic heterocycles. The van der Waals surface area contributed by atoms with Gasteiger partial charge in [-0.25, -0.2) is 8.42 Å². The van der Waals surface area contributed by atoms with Crippen molar-refractivity contribution in [1.29, 1.82) is 0 Å². The molecule has 2 aromatic carbocycles. The number of rotatable bonds is 10. The van der Waals surface area contributed by atoms with E-state index in [1.54, 1.807) is 6.92 Å². The molecule has 4 fully saturated rings. The van der Waals surface area contributed by atoms with Crippen molar-refractivity contribution in [2.75, 3.05) is 23.7 Å². The van der Waals surface area contributed by atoms with Gasteiger partial charge in [0, 0.05) is 13.1 Å². The van der Waals surface area contributed by atoms with Gasteiger partial charge in [0.05, 0.1) is 11.9 Å². The van der Waals surface area contributed by atoms with E-state index in [-0.39, 0.29) is 24.4 Å². The van der Waals surface area contributed by atoms with Crippen molar-refractivity contribution >= 4 is 27.5 Å². The summed E-state index contributed by atoms with van der Waals surface area (Å²) in [6.07, 6.45) is 8.94. The SMILES string of the molecule is CCNC(=O)[C@H](C)N(Cc1ccccc1)C(=O)CN(c1ccc(C23CC4CC(CC(C4)C2)C3)cc1)S(C)(=O)=O. The second-order valence-corrected chi connectivity index (χ2v) is 14.0. The third-order valence-corrected chi connectivity index (χ3v) is 10.3. The minimum absolute atomic E-state index is 0.209. The van der Waals surface area contributed by atoms with Crippen LogP contribution in [0, 0.1) is 17.8 Å². The number of benzene rings is 2. The molecule has 1 atom stereocenters. The molecule has 6 rings (SSSR count). The van der Waals surface area contributed by atoms with E-state index in [0.29, 0.717) is 12.2 Å². The third-order valence-electron chi connectivity index (χ3n) is 9.20. The number of carbonyl (C=O) groups is 2. The Morgan fingerprint density at radius 2 is 1.51 bits per heavy atom. The van der Waals surface area contributed by atoms with Gasteiger partial charge in [0.25, 0.3) is 0 Å². The number of sulfonamides is 1. The van der Waals surface area contributed by atoms with Gasteiger partial charge in [-0.2, -0.15) is 0 Å². The van der Waals surface area contributed by atoms with E-state index in [1.165, 1.54) is 53.3 Å². The summed E-state index contributed by atoms with van der Waals surface area (Å²) in [5.41, 5.74) is 2.87. The lowest BCUT2D eigenvalue weighted by Crippen LogP contribution is -2.51. The fraction of sp³-hybridized carbons (Fsp3) is 0.548. The normalized spacial score (nSPS) is 26.2. The molecular weight excluding hydrogens is 510 g/mol. The molecular formula is C31H41N3O4S. The summed E-state index contributed by atoms with van der Waals surface area (Å²) in [6.45, 7) is 3.79. The van der Waals surface area contributed by atoms with Gasteiger partial charge in [-0.1, -0.05) is 42.5 Å². The predicted molar refractivity (Wildman–Crippen MR) is 154 cm³/mol. The van der Waals surface area contributed by atoms with Gasteiger partial charge in [0.15, 0.2) is 0 Å². The molecule has 2 aromatic rings. The van der Waals surface area contributed by atoms with Gasteiger partial charge < -0.3 is 10.2 Å². The van der Waals surface area contributed by atoms with Gasteiger partial charge in [0.2, 0.25) is 21.8 Å². The Morgan fingerprint density at radius 3 is 2.03 bits per heavy atom. The van der Waals surface area contributed by atoms with E-state index < -0.39 is 22.0 Å². The highest BCUT2D eigenvalue weighted by Crippen LogP contribution is 2.60. The molecule has 8 heteroatoms. The molecule has 0 heterocycles. The summed E-state index contributed by atoms with van der Waals surface area (Å²) in [6, 6.07) is 16.6. The van der Waals surface area contributed by atoms with Gasteiger partial charge >= 0.3 is 0 Å². The molecule has 4 saturated carbocycles. The van der Waals surface area contributed by atoms with Gasteiger partial charge in [0.1, 0.15) is 12.6 Å². The van der Waals surface area contributed by atoms with Gasteiger partial charge in [-0.3, -0.25) is 13.9 Å². The number of carbonyl (C=O) groups excluding carboxylic acids is 2. The number of likely N-dealkylation sites (N-methyl/N-ethyl adjacent to an activating group) is 1. The van der Waals surface area contributed by atoms with E-state index in [4.69, 9.17) is 0 Å². The molecule has 0 saturated heterocycles. The lowest BCUT2D eigenvalue weighted by molar-refractivity contribution is -0.139. The monoisotopic (exact) mass is 551 g/mol. The Morgan fingerprint density at radius 1 is 0.949 bits per heavy atom. The van der Waals surface area contributed by atoms with Crippen LogP contribution in [0.5, 0.6) is 0 Å². The molecule has 4 bridgehead atoms. The molecule has 4 aliphatic carbocycles. The molecule has 0 aliphatic heterocycles.